The molecule has 0 bridgehead atoms. The number of methoxy groups -OCH3 is 2. The highest BCUT2D eigenvalue weighted by molar-refractivity contribution is 6.06. The van der Waals surface area contributed by atoms with Crippen LogP contribution in [-0.2, 0) is 10.3 Å². The van der Waals surface area contributed by atoms with Crippen molar-refractivity contribution in [3.63, 3.8) is 0 Å². The van der Waals surface area contributed by atoms with E-state index in [9.17, 15) is 14.9 Å². The van der Waals surface area contributed by atoms with Crippen molar-refractivity contribution in [2.45, 2.75) is 17.5 Å². The quantitative estimate of drug-likeness (QED) is 0.643. The van der Waals surface area contributed by atoms with Crippen LogP contribution in [0.4, 0.5) is 5.69 Å². The monoisotopic (exact) mass is 383 g/mol. The number of benzene rings is 2. The molecule has 1 amide bonds. The van der Waals surface area contributed by atoms with Crippen LogP contribution in [-0.4, -0.2) is 49.6 Å². The molecule has 1 fully saturated rings. The molecule has 0 aromatic heterocycles. The second-order valence-corrected chi connectivity index (χ2v) is 7.09. The lowest BCUT2D eigenvalue weighted by Crippen LogP contribution is -2.54. The van der Waals surface area contributed by atoms with Gasteiger partial charge in [-0.3, -0.25) is 19.8 Å². The zero-order valence-corrected chi connectivity index (χ0v) is 15.8. The van der Waals surface area contributed by atoms with E-state index in [1.165, 1.54) is 7.11 Å². The van der Waals surface area contributed by atoms with Gasteiger partial charge in [0, 0.05) is 28.3 Å². The van der Waals surface area contributed by atoms with Crippen molar-refractivity contribution in [3.8, 4) is 11.5 Å². The van der Waals surface area contributed by atoms with Crippen molar-refractivity contribution in [1.29, 1.82) is 0 Å². The highest BCUT2D eigenvalue weighted by Gasteiger charge is 2.68. The molecule has 0 saturated carbocycles. The molecular weight excluding hydrogens is 362 g/mol. The Bertz CT molecular complexity index is 963. The van der Waals surface area contributed by atoms with E-state index in [4.69, 9.17) is 9.47 Å². The van der Waals surface area contributed by atoms with Gasteiger partial charge in [0.2, 0.25) is 0 Å². The number of likely N-dealkylation sites (tertiary alicyclic amines) is 1. The Morgan fingerprint density at radius 3 is 2.64 bits per heavy atom. The second kappa shape index (κ2) is 6.49. The molecule has 2 heterocycles. The summed E-state index contributed by atoms with van der Waals surface area (Å²) in [5, 5.41) is 15.2. The third-order valence-corrected chi connectivity index (χ3v) is 5.88. The van der Waals surface area contributed by atoms with Crippen molar-refractivity contribution >= 4 is 11.6 Å². The minimum atomic E-state index is -1.38. The number of ether oxygens (including phenoxy) is 2. The highest BCUT2D eigenvalue weighted by atomic mass is 16.6. The van der Waals surface area contributed by atoms with Crippen LogP contribution < -0.4 is 14.8 Å². The third-order valence-electron chi connectivity index (χ3n) is 5.88. The molecule has 0 unspecified atom stereocenters. The van der Waals surface area contributed by atoms with Crippen LogP contribution in [0.3, 0.4) is 0 Å². The Hall–Kier alpha value is -3.13. The number of hydrogen-bond acceptors (Lipinski definition) is 6. The number of fused-ring (bicyclic) bond motifs is 2. The molecule has 1 spiro atoms. The molecular formula is C20H21N3O5. The number of para-hydroxylation sites is 1. The molecule has 2 aromatic carbocycles. The van der Waals surface area contributed by atoms with E-state index in [1.807, 2.05) is 0 Å². The van der Waals surface area contributed by atoms with Crippen molar-refractivity contribution in [2.75, 3.05) is 33.1 Å². The van der Waals surface area contributed by atoms with Gasteiger partial charge in [-0.2, -0.15) is 0 Å². The van der Waals surface area contributed by atoms with Gasteiger partial charge in [-0.05, 0) is 31.3 Å². The van der Waals surface area contributed by atoms with E-state index in [0.717, 1.165) is 0 Å². The fourth-order valence-electron chi connectivity index (χ4n) is 4.69. The van der Waals surface area contributed by atoms with Crippen molar-refractivity contribution in [3.05, 3.63) is 63.7 Å². The Morgan fingerprint density at radius 1 is 1.21 bits per heavy atom. The van der Waals surface area contributed by atoms with Crippen LogP contribution in [0.25, 0.3) is 0 Å². The summed E-state index contributed by atoms with van der Waals surface area (Å²) >= 11 is 0. The minimum Gasteiger partial charge on any atom is -0.497 e. The Labute approximate surface area is 162 Å². The van der Waals surface area contributed by atoms with Crippen molar-refractivity contribution in [1.82, 2.24) is 4.90 Å². The number of rotatable bonds is 4. The van der Waals surface area contributed by atoms with Gasteiger partial charge in [0.1, 0.15) is 11.5 Å². The van der Waals surface area contributed by atoms with Crippen LogP contribution in [0, 0.1) is 10.1 Å². The first-order valence-corrected chi connectivity index (χ1v) is 8.92. The average molecular weight is 383 g/mol. The maximum Gasteiger partial charge on any atom is 0.256 e. The first kappa shape index (κ1) is 18.2. The molecule has 0 aliphatic carbocycles. The molecule has 2 aliphatic rings. The zero-order valence-electron chi connectivity index (χ0n) is 15.8. The smallest absolute Gasteiger partial charge is 0.256 e. The lowest BCUT2D eigenvalue weighted by Gasteiger charge is -2.30. The van der Waals surface area contributed by atoms with E-state index in [2.05, 4.69) is 5.32 Å². The lowest BCUT2D eigenvalue weighted by atomic mass is 9.79. The van der Waals surface area contributed by atoms with Crippen LogP contribution in [0.15, 0.2) is 42.5 Å². The summed E-state index contributed by atoms with van der Waals surface area (Å²) in [4.78, 5) is 26.9. The molecule has 3 atom stereocenters. The number of carbonyl (C=O) groups is 1. The fraction of sp³-hybridized carbons (Fsp3) is 0.350. The number of nitrogens with one attached hydrogen (secondary N) is 1. The zero-order chi connectivity index (χ0) is 20.1. The molecule has 1 saturated heterocycles. The van der Waals surface area contributed by atoms with Crippen molar-refractivity contribution in [2.24, 2.45) is 0 Å². The van der Waals surface area contributed by atoms with E-state index in [0.29, 0.717) is 34.9 Å². The minimum absolute atomic E-state index is 0.330. The number of hydrogen-bond donors (Lipinski definition) is 1. The Morgan fingerprint density at radius 2 is 1.96 bits per heavy atom. The number of nitrogens with zero attached hydrogens (tertiary/aromatic N) is 2. The summed E-state index contributed by atoms with van der Waals surface area (Å²) in [7, 11) is 4.82. The predicted molar refractivity (Wildman–Crippen MR) is 102 cm³/mol. The topological polar surface area (TPSA) is 93.9 Å². The van der Waals surface area contributed by atoms with Crippen LogP contribution >= 0.6 is 0 Å². The number of carbonyl (C=O) groups excluding carboxylic acids is 1. The third kappa shape index (κ3) is 2.31. The molecule has 0 radical (unpaired) electrons. The van der Waals surface area contributed by atoms with E-state index in [1.54, 1.807) is 61.5 Å². The first-order valence-electron chi connectivity index (χ1n) is 8.92. The van der Waals surface area contributed by atoms with Crippen molar-refractivity contribution < 1.29 is 19.2 Å². The lowest BCUT2D eigenvalue weighted by molar-refractivity contribution is -0.534. The molecule has 146 valence electrons. The fourth-order valence-corrected chi connectivity index (χ4v) is 4.69. The summed E-state index contributed by atoms with van der Waals surface area (Å²) in [6.45, 7) is 0.330. The summed E-state index contributed by atoms with van der Waals surface area (Å²) in [6, 6.07) is 11.2. The average Bonchev–Trinajstić information content (AvgIpc) is 3.17. The van der Waals surface area contributed by atoms with Gasteiger partial charge in [0.05, 0.1) is 20.1 Å². The van der Waals surface area contributed by atoms with Gasteiger partial charge >= 0.3 is 0 Å². The van der Waals surface area contributed by atoms with Crippen LogP contribution in [0.2, 0.25) is 0 Å². The van der Waals surface area contributed by atoms with Gasteiger partial charge in [-0.25, -0.2) is 0 Å². The number of nitro groups is 1. The van der Waals surface area contributed by atoms with Gasteiger partial charge in [-0.15, -0.1) is 0 Å². The second-order valence-electron chi connectivity index (χ2n) is 7.09. The molecule has 8 heteroatoms. The number of anilines is 1. The van der Waals surface area contributed by atoms with Gasteiger partial charge in [0.15, 0.2) is 5.54 Å². The van der Waals surface area contributed by atoms with E-state index < -0.39 is 17.5 Å². The highest BCUT2D eigenvalue weighted by Crippen LogP contribution is 2.53. The Kier molecular flexibility index (Phi) is 4.23. The maximum atomic E-state index is 13.1. The van der Waals surface area contributed by atoms with Gasteiger partial charge in [-0.1, -0.05) is 18.2 Å². The molecule has 4 rings (SSSR count). The number of likely N-dealkylation sites (N-methyl/N-ethyl adjacent to an activating group) is 1. The van der Waals surface area contributed by atoms with Gasteiger partial charge in [0.25, 0.3) is 11.9 Å². The Balaban J connectivity index is 1.92. The van der Waals surface area contributed by atoms with Crippen LogP contribution in [0.5, 0.6) is 11.5 Å². The SMILES string of the molecule is COc1ccc(OC)c([C@@H]2CN(C)[C@@]3(C(=O)Nc4ccccc43)[C@H]2[N+](=O)[O-])c1. The number of amides is 1. The first-order chi connectivity index (χ1) is 13.4. The standard InChI is InChI=1S/C20H21N3O5/c1-22-11-14(13-10-12(27-2)8-9-17(13)28-3)18(23(25)26)20(22)15-6-4-5-7-16(15)21-19(20)24/h4-10,14,18H,11H2,1-3H3,(H,21,24)/t14-,18-,20+/m0/s1. The molecule has 2 aromatic rings. The predicted octanol–water partition coefficient (Wildman–Crippen LogP) is 2.23. The van der Waals surface area contributed by atoms with E-state index >= 15 is 0 Å². The molecule has 1 N–H and O–H groups in total. The summed E-state index contributed by atoms with van der Waals surface area (Å²) < 4.78 is 10.8. The molecule has 8 nitrogen and oxygen atoms in total. The molecule has 2 aliphatic heterocycles. The van der Waals surface area contributed by atoms with Crippen LogP contribution in [0.1, 0.15) is 17.0 Å². The summed E-state index contributed by atoms with van der Waals surface area (Å²) in [6.07, 6.45) is 0. The van der Waals surface area contributed by atoms with E-state index in [-0.39, 0.29) is 10.8 Å². The van der Waals surface area contributed by atoms with Gasteiger partial charge < -0.3 is 14.8 Å². The summed E-state index contributed by atoms with van der Waals surface area (Å²) in [5.74, 6) is 0.191. The molecule has 28 heavy (non-hydrogen) atoms. The summed E-state index contributed by atoms with van der Waals surface area (Å²) in [5.41, 5.74) is 0.529. The normalized spacial score (nSPS) is 26.2. The maximum absolute atomic E-state index is 13.1. The largest absolute Gasteiger partial charge is 0.497 e.